The summed E-state index contributed by atoms with van der Waals surface area (Å²) in [6.45, 7) is 2.62. The quantitative estimate of drug-likeness (QED) is 0.616. The van der Waals surface area contributed by atoms with E-state index in [1.165, 1.54) is 18.2 Å². The Labute approximate surface area is 121 Å². The van der Waals surface area contributed by atoms with Crippen molar-refractivity contribution >= 4 is 27.8 Å². The summed E-state index contributed by atoms with van der Waals surface area (Å²) in [6, 6.07) is 6.08. The van der Waals surface area contributed by atoms with E-state index in [-0.39, 0.29) is 12.3 Å². The fraction of sp³-hybridized carbons (Fsp3) is 0.429. The van der Waals surface area contributed by atoms with Crippen LogP contribution in [-0.2, 0) is 20.7 Å². The Morgan fingerprint density at radius 3 is 2.68 bits per heavy atom. The predicted molar refractivity (Wildman–Crippen MR) is 76.9 cm³/mol. The largest absolute Gasteiger partial charge is 0.469 e. The summed E-state index contributed by atoms with van der Waals surface area (Å²) in [7, 11) is 2.97. The first-order valence-corrected chi connectivity index (χ1v) is 6.79. The molecule has 0 bridgehead atoms. The highest BCUT2D eigenvalue weighted by Crippen LogP contribution is 2.16. The molecule has 0 saturated carbocycles. The van der Waals surface area contributed by atoms with Crippen molar-refractivity contribution in [1.82, 2.24) is 4.90 Å². The summed E-state index contributed by atoms with van der Waals surface area (Å²) in [4.78, 5) is 24.3. The normalized spacial score (nSPS) is 10.1. The van der Waals surface area contributed by atoms with Crippen LogP contribution in [0, 0.1) is 6.92 Å². The van der Waals surface area contributed by atoms with E-state index >= 15 is 0 Å². The number of likely N-dealkylation sites (N-methyl/N-ethyl adjacent to an activating group) is 1. The van der Waals surface area contributed by atoms with Crippen LogP contribution in [0.25, 0.3) is 0 Å². The van der Waals surface area contributed by atoms with Crippen LogP contribution in [0.1, 0.15) is 17.5 Å². The molecule has 0 aromatic heterocycles. The zero-order chi connectivity index (χ0) is 14.4. The first kappa shape index (κ1) is 15.7. The maximum atomic E-state index is 11.7. The van der Waals surface area contributed by atoms with Crippen LogP contribution in [0.2, 0.25) is 0 Å². The van der Waals surface area contributed by atoms with Gasteiger partial charge in [0, 0.05) is 18.1 Å². The Kier molecular flexibility index (Phi) is 6.02. The smallest absolute Gasteiger partial charge is 0.315 e. The standard InChI is InChI=1S/C14H18BrNO3/c1-10-4-5-12(15)8-11(10)6-7-16(2)13(17)9-14(18)19-3/h4-5,8H,6-7,9H2,1-3H3. The molecule has 19 heavy (non-hydrogen) atoms. The van der Waals surface area contributed by atoms with Crippen molar-refractivity contribution in [1.29, 1.82) is 0 Å². The molecule has 5 heteroatoms. The van der Waals surface area contributed by atoms with Gasteiger partial charge in [-0.25, -0.2) is 0 Å². The van der Waals surface area contributed by atoms with Gasteiger partial charge in [-0.1, -0.05) is 22.0 Å². The molecule has 1 aromatic carbocycles. The van der Waals surface area contributed by atoms with Gasteiger partial charge in [-0.05, 0) is 36.6 Å². The van der Waals surface area contributed by atoms with E-state index in [4.69, 9.17) is 0 Å². The van der Waals surface area contributed by atoms with E-state index in [0.717, 1.165) is 10.9 Å². The molecule has 0 fully saturated rings. The summed E-state index contributed by atoms with van der Waals surface area (Å²) in [5, 5.41) is 0. The number of hydrogen-bond acceptors (Lipinski definition) is 3. The van der Waals surface area contributed by atoms with Crippen LogP contribution in [0.4, 0.5) is 0 Å². The highest BCUT2D eigenvalue weighted by molar-refractivity contribution is 9.10. The van der Waals surface area contributed by atoms with E-state index in [1.807, 2.05) is 25.1 Å². The third kappa shape index (κ3) is 5.03. The van der Waals surface area contributed by atoms with E-state index in [9.17, 15) is 9.59 Å². The number of rotatable bonds is 5. The van der Waals surface area contributed by atoms with Crippen molar-refractivity contribution in [3.8, 4) is 0 Å². The fourth-order valence-electron chi connectivity index (χ4n) is 1.65. The van der Waals surface area contributed by atoms with Gasteiger partial charge in [0.15, 0.2) is 0 Å². The summed E-state index contributed by atoms with van der Waals surface area (Å²) in [5.74, 6) is -0.727. The number of amides is 1. The molecule has 104 valence electrons. The fourth-order valence-corrected chi connectivity index (χ4v) is 2.06. The van der Waals surface area contributed by atoms with E-state index in [1.54, 1.807) is 11.9 Å². The van der Waals surface area contributed by atoms with Gasteiger partial charge in [-0.3, -0.25) is 9.59 Å². The molecule has 0 unspecified atom stereocenters. The van der Waals surface area contributed by atoms with Gasteiger partial charge in [0.25, 0.3) is 0 Å². The van der Waals surface area contributed by atoms with Crippen molar-refractivity contribution in [2.24, 2.45) is 0 Å². The molecule has 0 heterocycles. The number of carbonyl (C=O) groups is 2. The molecule has 0 aliphatic heterocycles. The van der Waals surface area contributed by atoms with Crippen molar-refractivity contribution in [3.63, 3.8) is 0 Å². The van der Waals surface area contributed by atoms with Crippen LogP contribution >= 0.6 is 15.9 Å². The lowest BCUT2D eigenvalue weighted by atomic mass is 10.1. The highest BCUT2D eigenvalue weighted by atomic mass is 79.9. The van der Waals surface area contributed by atoms with Gasteiger partial charge in [-0.2, -0.15) is 0 Å². The molecule has 0 saturated heterocycles. The van der Waals surface area contributed by atoms with Crippen molar-refractivity contribution in [2.45, 2.75) is 19.8 Å². The number of hydrogen-bond donors (Lipinski definition) is 0. The lowest BCUT2D eigenvalue weighted by Crippen LogP contribution is -2.30. The summed E-state index contributed by atoms with van der Waals surface area (Å²) >= 11 is 3.43. The molecule has 0 N–H and O–H groups in total. The van der Waals surface area contributed by atoms with Crippen LogP contribution in [0.3, 0.4) is 0 Å². The minimum atomic E-state index is -0.504. The van der Waals surface area contributed by atoms with Crippen LogP contribution < -0.4 is 0 Å². The third-order valence-corrected chi connectivity index (χ3v) is 3.47. The minimum Gasteiger partial charge on any atom is -0.469 e. The van der Waals surface area contributed by atoms with Gasteiger partial charge in [0.1, 0.15) is 6.42 Å². The SMILES string of the molecule is COC(=O)CC(=O)N(C)CCc1cc(Br)ccc1C. The molecule has 0 aliphatic rings. The average Bonchev–Trinajstić information content (AvgIpc) is 2.39. The molecule has 0 aliphatic carbocycles. The molecule has 1 rings (SSSR count). The Balaban J connectivity index is 2.54. The maximum absolute atomic E-state index is 11.7. The summed E-state index contributed by atoms with van der Waals surface area (Å²) in [5.41, 5.74) is 2.38. The van der Waals surface area contributed by atoms with Crippen molar-refractivity contribution in [3.05, 3.63) is 33.8 Å². The number of carbonyl (C=O) groups excluding carboxylic acids is 2. The zero-order valence-electron chi connectivity index (χ0n) is 11.4. The van der Waals surface area contributed by atoms with Crippen LogP contribution in [0.15, 0.2) is 22.7 Å². The Morgan fingerprint density at radius 2 is 2.05 bits per heavy atom. The molecular weight excluding hydrogens is 310 g/mol. The van der Waals surface area contributed by atoms with E-state index in [0.29, 0.717) is 6.54 Å². The Bertz CT molecular complexity index is 474. The van der Waals surface area contributed by atoms with Gasteiger partial charge in [-0.15, -0.1) is 0 Å². The number of esters is 1. The number of methoxy groups -OCH3 is 1. The highest BCUT2D eigenvalue weighted by Gasteiger charge is 2.14. The van der Waals surface area contributed by atoms with E-state index < -0.39 is 5.97 Å². The number of nitrogens with zero attached hydrogens (tertiary/aromatic N) is 1. The van der Waals surface area contributed by atoms with Crippen LogP contribution in [-0.4, -0.2) is 37.5 Å². The monoisotopic (exact) mass is 327 g/mol. The second-order valence-electron chi connectivity index (χ2n) is 4.39. The Hall–Kier alpha value is -1.36. The lowest BCUT2D eigenvalue weighted by Gasteiger charge is -2.17. The van der Waals surface area contributed by atoms with E-state index in [2.05, 4.69) is 20.7 Å². The van der Waals surface area contributed by atoms with Crippen molar-refractivity contribution in [2.75, 3.05) is 20.7 Å². The first-order valence-electron chi connectivity index (χ1n) is 6.00. The zero-order valence-corrected chi connectivity index (χ0v) is 13.0. The Morgan fingerprint density at radius 1 is 1.37 bits per heavy atom. The minimum absolute atomic E-state index is 0.204. The van der Waals surface area contributed by atoms with Crippen LogP contribution in [0.5, 0.6) is 0 Å². The second kappa shape index (κ2) is 7.28. The van der Waals surface area contributed by atoms with Gasteiger partial charge in [0.2, 0.25) is 5.91 Å². The predicted octanol–water partition coefficient (Wildman–Crippen LogP) is 2.32. The average molecular weight is 328 g/mol. The maximum Gasteiger partial charge on any atom is 0.315 e. The lowest BCUT2D eigenvalue weighted by molar-refractivity contribution is -0.146. The molecule has 0 atom stereocenters. The van der Waals surface area contributed by atoms with Gasteiger partial charge >= 0.3 is 5.97 Å². The van der Waals surface area contributed by atoms with Gasteiger partial charge in [0.05, 0.1) is 7.11 Å². The molecule has 1 aromatic rings. The second-order valence-corrected chi connectivity index (χ2v) is 5.30. The topological polar surface area (TPSA) is 46.6 Å². The number of benzene rings is 1. The van der Waals surface area contributed by atoms with Gasteiger partial charge < -0.3 is 9.64 Å². The number of halogens is 1. The molecule has 4 nitrogen and oxygen atoms in total. The molecule has 1 amide bonds. The summed E-state index contributed by atoms with van der Waals surface area (Å²) in [6.07, 6.45) is 0.555. The molecular formula is C14H18BrNO3. The van der Waals surface area contributed by atoms with Crippen molar-refractivity contribution < 1.29 is 14.3 Å². The number of ether oxygens (including phenoxy) is 1. The molecule has 0 spiro atoms. The summed E-state index contributed by atoms with van der Waals surface area (Å²) < 4.78 is 5.50. The first-order chi connectivity index (χ1) is 8.93. The third-order valence-electron chi connectivity index (χ3n) is 2.98. The number of aryl methyl sites for hydroxylation is 1. The molecule has 0 radical (unpaired) electrons.